The lowest BCUT2D eigenvalue weighted by Gasteiger charge is -2.26. The molecule has 0 saturated heterocycles. The zero-order chi connectivity index (χ0) is 13.7. The molecule has 2 rings (SSSR count). The monoisotopic (exact) mass is 260 g/mol. The van der Waals surface area contributed by atoms with Gasteiger partial charge in [-0.2, -0.15) is 0 Å². The minimum Gasteiger partial charge on any atom is -0.368 e. The van der Waals surface area contributed by atoms with Gasteiger partial charge < -0.3 is 10.2 Å². The average molecular weight is 260 g/mol. The number of nitrogens with zero attached hydrogens (tertiary/aromatic N) is 1. The molecule has 2 unspecified atom stereocenters. The van der Waals surface area contributed by atoms with E-state index in [1.807, 2.05) is 0 Å². The van der Waals surface area contributed by atoms with E-state index in [0.717, 1.165) is 6.54 Å². The van der Waals surface area contributed by atoms with Crippen LogP contribution >= 0.6 is 0 Å². The highest BCUT2D eigenvalue weighted by molar-refractivity contribution is 5.59. The second-order valence-electron chi connectivity index (χ2n) is 5.68. The van der Waals surface area contributed by atoms with E-state index < -0.39 is 0 Å². The van der Waals surface area contributed by atoms with Gasteiger partial charge in [0.05, 0.1) is 0 Å². The molecule has 0 radical (unpaired) electrons. The Morgan fingerprint density at radius 3 is 2.84 bits per heavy atom. The first-order chi connectivity index (χ1) is 9.26. The summed E-state index contributed by atoms with van der Waals surface area (Å²) in [6, 6.07) is 10.2. The highest BCUT2D eigenvalue weighted by atomic mass is 15.2. The fourth-order valence-electron chi connectivity index (χ4n) is 3.22. The van der Waals surface area contributed by atoms with Gasteiger partial charge in [0.2, 0.25) is 0 Å². The zero-order valence-corrected chi connectivity index (χ0v) is 12.7. The van der Waals surface area contributed by atoms with Crippen LogP contribution in [0.25, 0.3) is 0 Å². The summed E-state index contributed by atoms with van der Waals surface area (Å²) in [6.45, 7) is 9.10. The van der Waals surface area contributed by atoms with Gasteiger partial charge >= 0.3 is 0 Å². The minimum absolute atomic E-state index is 0.664. The molecule has 0 amide bonds. The van der Waals surface area contributed by atoms with Crippen molar-refractivity contribution in [2.45, 2.75) is 58.5 Å². The Morgan fingerprint density at radius 2 is 2.11 bits per heavy atom. The summed E-state index contributed by atoms with van der Waals surface area (Å²) >= 11 is 0. The van der Waals surface area contributed by atoms with E-state index in [4.69, 9.17) is 0 Å². The second-order valence-corrected chi connectivity index (χ2v) is 5.68. The Kier molecular flexibility index (Phi) is 5.26. The van der Waals surface area contributed by atoms with E-state index in [2.05, 4.69) is 55.3 Å². The molecule has 1 heterocycles. The highest BCUT2D eigenvalue weighted by Crippen LogP contribution is 2.31. The molecule has 0 saturated carbocycles. The molecule has 2 heteroatoms. The maximum absolute atomic E-state index is 3.57. The second kappa shape index (κ2) is 6.95. The van der Waals surface area contributed by atoms with Crippen LogP contribution in [0.5, 0.6) is 0 Å². The van der Waals surface area contributed by atoms with E-state index >= 15 is 0 Å². The van der Waals surface area contributed by atoms with Crippen LogP contribution in [-0.2, 0) is 6.42 Å². The number of nitrogens with one attached hydrogen (secondary N) is 1. The maximum Gasteiger partial charge on any atom is 0.0402 e. The molecule has 1 aromatic carbocycles. The van der Waals surface area contributed by atoms with Crippen molar-refractivity contribution in [3.05, 3.63) is 29.8 Å². The first kappa shape index (κ1) is 14.4. The molecule has 1 aliphatic rings. The summed E-state index contributed by atoms with van der Waals surface area (Å²) < 4.78 is 0. The van der Waals surface area contributed by atoms with Crippen LogP contribution < -0.4 is 10.2 Å². The standard InChI is InChI=1S/C17H28N2/c1-4-16(18-5-2)10-8-12-19-14(3)13-15-9-6-7-11-17(15)19/h6-7,9,11,14,16,18H,4-5,8,10,12-13H2,1-3H3. The van der Waals surface area contributed by atoms with Crippen LogP contribution in [0.3, 0.4) is 0 Å². The van der Waals surface area contributed by atoms with Crippen LogP contribution in [-0.4, -0.2) is 25.2 Å². The van der Waals surface area contributed by atoms with E-state index in [1.54, 1.807) is 0 Å². The number of hydrogen-bond donors (Lipinski definition) is 1. The molecular formula is C17H28N2. The molecular weight excluding hydrogens is 232 g/mol. The normalized spacial score (nSPS) is 19.5. The predicted molar refractivity (Wildman–Crippen MR) is 83.9 cm³/mol. The van der Waals surface area contributed by atoms with E-state index in [0.29, 0.717) is 12.1 Å². The summed E-state index contributed by atoms with van der Waals surface area (Å²) in [7, 11) is 0. The van der Waals surface area contributed by atoms with Gasteiger partial charge in [-0.05, 0) is 50.8 Å². The molecule has 0 aliphatic carbocycles. The number of rotatable bonds is 7. The molecule has 0 spiro atoms. The number of fused-ring (bicyclic) bond motifs is 1. The van der Waals surface area contributed by atoms with Gasteiger partial charge in [0.25, 0.3) is 0 Å². The lowest BCUT2D eigenvalue weighted by Crippen LogP contribution is -2.33. The maximum atomic E-state index is 3.57. The van der Waals surface area contributed by atoms with Crippen LogP contribution in [0.4, 0.5) is 5.69 Å². The lowest BCUT2D eigenvalue weighted by atomic mass is 10.1. The Balaban J connectivity index is 1.86. The minimum atomic E-state index is 0.664. The van der Waals surface area contributed by atoms with Crippen molar-refractivity contribution < 1.29 is 0 Å². The van der Waals surface area contributed by atoms with Crippen molar-refractivity contribution in [3.8, 4) is 0 Å². The van der Waals surface area contributed by atoms with Crippen LogP contribution in [0.1, 0.15) is 45.6 Å². The number of para-hydroxylation sites is 1. The summed E-state index contributed by atoms with van der Waals surface area (Å²) in [5, 5.41) is 3.57. The Bertz CT molecular complexity index is 389. The van der Waals surface area contributed by atoms with Gasteiger partial charge in [-0.3, -0.25) is 0 Å². The quantitative estimate of drug-likeness (QED) is 0.805. The molecule has 1 N–H and O–H groups in total. The Hall–Kier alpha value is -1.02. The average Bonchev–Trinajstić information content (AvgIpc) is 2.74. The van der Waals surface area contributed by atoms with Crippen molar-refractivity contribution in [2.24, 2.45) is 0 Å². The van der Waals surface area contributed by atoms with E-state index in [9.17, 15) is 0 Å². The Morgan fingerprint density at radius 1 is 1.32 bits per heavy atom. The first-order valence-corrected chi connectivity index (χ1v) is 7.84. The van der Waals surface area contributed by atoms with Crippen molar-refractivity contribution in [1.82, 2.24) is 5.32 Å². The largest absolute Gasteiger partial charge is 0.368 e. The molecule has 0 aromatic heterocycles. The zero-order valence-electron chi connectivity index (χ0n) is 12.7. The Labute approximate surface area is 118 Å². The third-order valence-electron chi connectivity index (χ3n) is 4.29. The van der Waals surface area contributed by atoms with Crippen molar-refractivity contribution in [2.75, 3.05) is 18.0 Å². The third-order valence-corrected chi connectivity index (χ3v) is 4.29. The van der Waals surface area contributed by atoms with Gasteiger partial charge in [0.15, 0.2) is 0 Å². The molecule has 0 bridgehead atoms. The molecule has 2 atom stereocenters. The van der Waals surface area contributed by atoms with E-state index in [1.165, 1.54) is 43.5 Å². The molecule has 19 heavy (non-hydrogen) atoms. The fourth-order valence-corrected chi connectivity index (χ4v) is 3.22. The number of benzene rings is 1. The topological polar surface area (TPSA) is 15.3 Å². The van der Waals surface area contributed by atoms with Gasteiger partial charge in [0, 0.05) is 24.3 Å². The molecule has 1 aromatic rings. The van der Waals surface area contributed by atoms with Gasteiger partial charge in [-0.1, -0.05) is 32.0 Å². The van der Waals surface area contributed by atoms with Crippen molar-refractivity contribution in [1.29, 1.82) is 0 Å². The fraction of sp³-hybridized carbons (Fsp3) is 0.647. The molecule has 0 fully saturated rings. The summed E-state index contributed by atoms with van der Waals surface area (Å²) in [5.74, 6) is 0. The lowest BCUT2D eigenvalue weighted by molar-refractivity contribution is 0.463. The van der Waals surface area contributed by atoms with Crippen LogP contribution in [0, 0.1) is 0 Å². The summed E-state index contributed by atoms with van der Waals surface area (Å²) in [6.07, 6.45) is 5.01. The van der Waals surface area contributed by atoms with Gasteiger partial charge in [0.1, 0.15) is 0 Å². The van der Waals surface area contributed by atoms with E-state index in [-0.39, 0.29) is 0 Å². The molecule has 2 nitrogen and oxygen atoms in total. The van der Waals surface area contributed by atoms with Crippen molar-refractivity contribution in [3.63, 3.8) is 0 Å². The molecule has 1 aliphatic heterocycles. The SMILES string of the molecule is CCNC(CC)CCCN1c2ccccc2CC1C. The highest BCUT2D eigenvalue weighted by Gasteiger charge is 2.24. The third kappa shape index (κ3) is 3.50. The molecule has 106 valence electrons. The van der Waals surface area contributed by atoms with Crippen LogP contribution in [0.2, 0.25) is 0 Å². The predicted octanol–water partition coefficient (Wildman–Crippen LogP) is 3.61. The van der Waals surface area contributed by atoms with Crippen LogP contribution in [0.15, 0.2) is 24.3 Å². The van der Waals surface area contributed by atoms with Crippen molar-refractivity contribution >= 4 is 5.69 Å². The number of anilines is 1. The van der Waals surface area contributed by atoms with Gasteiger partial charge in [-0.15, -0.1) is 0 Å². The first-order valence-electron chi connectivity index (χ1n) is 7.84. The smallest absolute Gasteiger partial charge is 0.0402 e. The summed E-state index contributed by atoms with van der Waals surface area (Å²) in [5.41, 5.74) is 2.99. The number of hydrogen-bond acceptors (Lipinski definition) is 2. The van der Waals surface area contributed by atoms with Gasteiger partial charge in [-0.25, -0.2) is 0 Å². The summed E-state index contributed by atoms with van der Waals surface area (Å²) in [4.78, 5) is 2.59.